The average Bonchev–Trinajstić information content (AvgIpc) is 3.37. The van der Waals surface area contributed by atoms with E-state index in [9.17, 15) is 18.7 Å². The number of pyridine rings is 1. The summed E-state index contributed by atoms with van der Waals surface area (Å²) in [5.74, 6) is -2.75. The van der Waals surface area contributed by atoms with E-state index >= 15 is 0 Å². The third-order valence-electron chi connectivity index (χ3n) is 7.81. The number of rotatable bonds is 10. The number of nitrogens with zero attached hydrogens (tertiary/aromatic N) is 2. The van der Waals surface area contributed by atoms with Gasteiger partial charge in [-0.3, -0.25) is 9.69 Å². The Morgan fingerprint density at radius 3 is 2.92 bits per heavy atom. The lowest BCUT2D eigenvalue weighted by Crippen LogP contribution is -2.35. The highest BCUT2D eigenvalue weighted by molar-refractivity contribution is 5.76. The number of aryl methyl sites for hydroxylation is 2. The molecule has 38 heavy (non-hydrogen) atoms. The fourth-order valence-electron chi connectivity index (χ4n) is 5.80. The summed E-state index contributed by atoms with van der Waals surface area (Å²) in [6.07, 6.45) is 5.15. The summed E-state index contributed by atoms with van der Waals surface area (Å²) in [6, 6.07) is 10.6. The molecule has 2 fully saturated rings. The highest BCUT2D eigenvalue weighted by Gasteiger charge is 2.40. The second kappa shape index (κ2) is 12.1. The highest BCUT2D eigenvalue weighted by Crippen LogP contribution is 2.39. The molecule has 3 unspecified atom stereocenters. The van der Waals surface area contributed by atoms with Crippen molar-refractivity contribution in [1.82, 2.24) is 9.88 Å². The van der Waals surface area contributed by atoms with E-state index in [1.54, 1.807) is 24.3 Å². The molecule has 0 bridgehead atoms. The van der Waals surface area contributed by atoms with E-state index in [0.717, 1.165) is 56.6 Å². The van der Waals surface area contributed by atoms with E-state index in [1.807, 2.05) is 4.90 Å². The van der Waals surface area contributed by atoms with Gasteiger partial charge in [-0.1, -0.05) is 30.3 Å². The van der Waals surface area contributed by atoms with Crippen molar-refractivity contribution in [3.8, 4) is 0 Å². The van der Waals surface area contributed by atoms with Crippen molar-refractivity contribution in [2.75, 3.05) is 38.2 Å². The van der Waals surface area contributed by atoms with Gasteiger partial charge < -0.3 is 19.9 Å². The molecule has 5 rings (SSSR count). The van der Waals surface area contributed by atoms with E-state index in [2.05, 4.69) is 17.4 Å². The van der Waals surface area contributed by atoms with Crippen LogP contribution in [-0.4, -0.2) is 65.8 Å². The van der Waals surface area contributed by atoms with Crippen LogP contribution in [0.4, 0.5) is 14.6 Å². The number of benzene rings is 1. The van der Waals surface area contributed by atoms with Crippen molar-refractivity contribution in [2.45, 2.75) is 75.5 Å². The number of ether oxygens (including phenoxy) is 2. The lowest BCUT2D eigenvalue weighted by molar-refractivity contribution is -0.147. The molecule has 3 atom stereocenters. The Morgan fingerprint density at radius 1 is 1.24 bits per heavy atom. The molecular formula is C29H37F2N3O4. The Balaban J connectivity index is 1.12. The van der Waals surface area contributed by atoms with Gasteiger partial charge in [0.05, 0.1) is 12.2 Å². The first kappa shape index (κ1) is 27.0. The second-order valence-electron chi connectivity index (χ2n) is 10.6. The zero-order chi connectivity index (χ0) is 26.5. The highest BCUT2D eigenvalue weighted by atomic mass is 19.3. The van der Waals surface area contributed by atoms with Crippen molar-refractivity contribution in [3.63, 3.8) is 0 Å². The van der Waals surface area contributed by atoms with Crippen LogP contribution in [0, 0.1) is 0 Å². The molecule has 0 amide bonds. The summed E-state index contributed by atoms with van der Waals surface area (Å²) in [6.45, 7) is 2.10. The van der Waals surface area contributed by atoms with Crippen LogP contribution in [0.2, 0.25) is 0 Å². The first-order valence-corrected chi connectivity index (χ1v) is 13.8. The molecule has 9 heteroatoms. The number of carbonyl (C=O) groups is 1. The number of alkyl halides is 2. The minimum Gasteiger partial charge on any atom is -0.480 e. The molecule has 2 saturated heterocycles. The predicted octanol–water partition coefficient (Wildman–Crippen LogP) is 5.17. The van der Waals surface area contributed by atoms with Crippen LogP contribution in [-0.2, 0) is 27.1 Å². The predicted molar refractivity (Wildman–Crippen MR) is 140 cm³/mol. The molecular weight excluding hydrogens is 492 g/mol. The number of aromatic nitrogens is 1. The monoisotopic (exact) mass is 529 g/mol. The maximum atomic E-state index is 13.6. The van der Waals surface area contributed by atoms with Crippen LogP contribution >= 0.6 is 0 Å². The van der Waals surface area contributed by atoms with Gasteiger partial charge in [0.15, 0.2) is 0 Å². The molecule has 0 spiro atoms. The molecule has 0 aliphatic carbocycles. The summed E-state index contributed by atoms with van der Waals surface area (Å²) < 4.78 is 38.8. The van der Waals surface area contributed by atoms with E-state index in [-0.39, 0.29) is 18.9 Å². The van der Waals surface area contributed by atoms with Gasteiger partial charge in [0.25, 0.3) is 5.92 Å². The van der Waals surface area contributed by atoms with Gasteiger partial charge in [-0.05, 0) is 67.7 Å². The number of carboxylic acids is 1. The molecule has 0 radical (unpaired) electrons. The van der Waals surface area contributed by atoms with Gasteiger partial charge in [-0.2, -0.15) is 0 Å². The fraction of sp³-hybridized carbons (Fsp3) is 0.586. The maximum absolute atomic E-state index is 13.6. The van der Waals surface area contributed by atoms with Crippen molar-refractivity contribution in [2.24, 2.45) is 0 Å². The second-order valence-corrected chi connectivity index (χ2v) is 10.6. The van der Waals surface area contributed by atoms with Gasteiger partial charge in [-0.15, -0.1) is 0 Å². The number of anilines is 1. The summed E-state index contributed by atoms with van der Waals surface area (Å²) in [5.41, 5.74) is 3.69. The number of carboxylic acid groups (broad SMARTS) is 1. The minimum absolute atomic E-state index is 0.0281. The van der Waals surface area contributed by atoms with Crippen LogP contribution in [0.3, 0.4) is 0 Å². The van der Waals surface area contributed by atoms with E-state index in [4.69, 9.17) is 14.5 Å². The van der Waals surface area contributed by atoms with Gasteiger partial charge >= 0.3 is 5.97 Å². The number of fused-ring (bicyclic) bond motifs is 1. The molecule has 206 valence electrons. The SMILES string of the molecule is O=C(O)C(c1ccccc1C1CCC(F)(F)CO1)N1CCC(OCCCCc2ccc3c(n2)NCCC3)C1. The molecule has 2 N–H and O–H groups in total. The molecule has 2 aromatic rings. The molecule has 7 nitrogen and oxygen atoms in total. The Bertz CT molecular complexity index is 1100. The Labute approximate surface area is 222 Å². The van der Waals surface area contributed by atoms with Crippen LogP contribution in [0.5, 0.6) is 0 Å². The third-order valence-corrected chi connectivity index (χ3v) is 7.81. The van der Waals surface area contributed by atoms with Crippen LogP contribution in [0.15, 0.2) is 36.4 Å². The van der Waals surface area contributed by atoms with Gasteiger partial charge in [0.1, 0.15) is 18.5 Å². The quantitative estimate of drug-likeness (QED) is 0.411. The largest absolute Gasteiger partial charge is 0.480 e. The lowest BCUT2D eigenvalue weighted by atomic mass is 9.91. The van der Waals surface area contributed by atoms with E-state index in [0.29, 0.717) is 30.8 Å². The maximum Gasteiger partial charge on any atom is 0.325 e. The van der Waals surface area contributed by atoms with Crippen molar-refractivity contribution < 1.29 is 28.2 Å². The molecule has 1 aromatic heterocycles. The Morgan fingerprint density at radius 2 is 2.11 bits per heavy atom. The van der Waals surface area contributed by atoms with Gasteiger partial charge in [-0.25, -0.2) is 13.8 Å². The molecule has 0 saturated carbocycles. The van der Waals surface area contributed by atoms with Gasteiger partial charge in [0.2, 0.25) is 0 Å². The summed E-state index contributed by atoms with van der Waals surface area (Å²) in [4.78, 5) is 19.1. The number of halogens is 2. The third kappa shape index (κ3) is 6.50. The topological polar surface area (TPSA) is 83.9 Å². The fourth-order valence-corrected chi connectivity index (χ4v) is 5.80. The average molecular weight is 530 g/mol. The standard InChI is InChI=1S/C29H37F2N3O4/c30-29(31)14-12-25(38-19-29)23-8-1-2-9-24(23)26(28(35)36)34-16-13-22(18-34)37-17-4-3-7-21-11-10-20-6-5-15-32-27(20)33-21/h1-2,8-11,22,25-26H,3-7,12-19H2,(H,32,33)(H,35,36). The Kier molecular flexibility index (Phi) is 8.55. The van der Waals surface area contributed by atoms with Crippen molar-refractivity contribution in [3.05, 3.63) is 58.8 Å². The van der Waals surface area contributed by atoms with E-state index in [1.165, 1.54) is 5.56 Å². The molecule has 3 aliphatic heterocycles. The smallest absolute Gasteiger partial charge is 0.325 e. The molecule has 4 heterocycles. The summed E-state index contributed by atoms with van der Waals surface area (Å²) >= 11 is 0. The summed E-state index contributed by atoms with van der Waals surface area (Å²) in [7, 11) is 0. The number of hydrogen-bond acceptors (Lipinski definition) is 6. The number of aliphatic carboxylic acids is 1. The number of hydrogen-bond donors (Lipinski definition) is 2. The lowest BCUT2D eigenvalue weighted by Gasteiger charge is -2.32. The van der Waals surface area contributed by atoms with Crippen molar-refractivity contribution in [1.29, 1.82) is 0 Å². The van der Waals surface area contributed by atoms with E-state index < -0.39 is 30.6 Å². The Hall–Kier alpha value is -2.62. The molecule has 3 aliphatic rings. The zero-order valence-electron chi connectivity index (χ0n) is 21.7. The van der Waals surface area contributed by atoms with Gasteiger partial charge in [0, 0.05) is 38.4 Å². The zero-order valence-corrected chi connectivity index (χ0v) is 21.7. The molecule has 1 aromatic carbocycles. The van der Waals surface area contributed by atoms with Crippen LogP contribution < -0.4 is 5.32 Å². The first-order valence-electron chi connectivity index (χ1n) is 13.8. The summed E-state index contributed by atoms with van der Waals surface area (Å²) in [5, 5.41) is 13.5. The first-order chi connectivity index (χ1) is 18.4. The minimum atomic E-state index is -2.83. The van der Waals surface area contributed by atoms with Crippen LogP contribution in [0.1, 0.15) is 73.1 Å². The van der Waals surface area contributed by atoms with Crippen molar-refractivity contribution >= 4 is 11.8 Å². The normalized spacial score (nSPS) is 23.9. The number of likely N-dealkylation sites (tertiary alicyclic amines) is 1. The number of unbranched alkanes of at least 4 members (excludes halogenated alkanes) is 1. The number of nitrogens with one attached hydrogen (secondary N) is 1. The van der Waals surface area contributed by atoms with Crippen LogP contribution in [0.25, 0.3) is 0 Å².